The van der Waals surface area contributed by atoms with Crippen molar-refractivity contribution in [2.45, 2.75) is 52.0 Å². The van der Waals surface area contributed by atoms with Crippen molar-refractivity contribution in [3.05, 3.63) is 12.1 Å². The molecule has 0 saturated heterocycles. The van der Waals surface area contributed by atoms with Crippen LogP contribution in [0.3, 0.4) is 0 Å². The minimum absolute atomic E-state index is 0.501. The van der Waals surface area contributed by atoms with E-state index in [0.717, 1.165) is 18.3 Å². The number of nitrogens with zero attached hydrogens (tertiary/aromatic N) is 1. The highest BCUT2D eigenvalue weighted by Gasteiger charge is 2.27. The maximum Gasteiger partial charge on any atom is 0.239 e. The van der Waals surface area contributed by atoms with Crippen molar-refractivity contribution in [1.29, 1.82) is 0 Å². The molecule has 0 aromatic carbocycles. The van der Waals surface area contributed by atoms with Crippen molar-refractivity contribution in [2.75, 3.05) is 17.7 Å². The number of pyridine rings is 1. The highest BCUT2D eigenvalue weighted by atomic mass is 16.5. The second-order valence-corrected chi connectivity index (χ2v) is 6.86. The molecule has 4 heteroatoms. The summed E-state index contributed by atoms with van der Waals surface area (Å²) in [5.41, 5.74) is 6.59. The van der Waals surface area contributed by atoms with Crippen molar-refractivity contribution < 1.29 is 4.74 Å². The van der Waals surface area contributed by atoms with E-state index in [9.17, 15) is 0 Å². The maximum atomic E-state index is 5.96. The molecule has 0 spiro atoms. The van der Waals surface area contributed by atoms with Gasteiger partial charge >= 0.3 is 0 Å². The molecule has 0 aliphatic heterocycles. The Labute approximate surface area is 127 Å². The average molecular weight is 289 g/mol. The fraction of sp³-hybridized carbons (Fsp3) is 0.706. The summed E-state index contributed by atoms with van der Waals surface area (Å²) in [6.07, 6.45) is 6.40. The Morgan fingerprint density at radius 2 is 2.05 bits per heavy atom. The fourth-order valence-electron chi connectivity index (χ4n) is 3.10. The molecule has 0 amide bonds. The smallest absolute Gasteiger partial charge is 0.239 e. The van der Waals surface area contributed by atoms with Crippen LogP contribution in [0.25, 0.3) is 0 Å². The lowest BCUT2D eigenvalue weighted by molar-refractivity contribution is 0.252. The number of hydrogen-bond donors (Lipinski definition) is 2. The van der Waals surface area contributed by atoms with Crippen LogP contribution in [0.15, 0.2) is 12.1 Å². The number of nitrogen functional groups attached to an aromatic ring is 1. The molecular weight excluding hydrogens is 262 g/mol. The van der Waals surface area contributed by atoms with Crippen molar-refractivity contribution in [2.24, 2.45) is 17.8 Å². The van der Waals surface area contributed by atoms with Gasteiger partial charge in [0.25, 0.3) is 0 Å². The molecule has 21 heavy (non-hydrogen) atoms. The van der Waals surface area contributed by atoms with Crippen LogP contribution >= 0.6 is 0 Å². The van der Waals surface area contributed by atoms with Gasteiger partial charge in [-0.1, -0.05) is 26.7 Å². The van der Waals surface area contributed by atoms with Crippen LogP contribution in [-0.4, -0.2) is 17.6 Å². The molecule has 2 fully saturated rings. The molecule has 4 nitrogen and oxygen atoms in total. The highest BCUT2D eigenvalue weighted by Crippen LogP contribution is 2.33. The lowest BCUT2D eigenvalue weighted by Gasteiger charge is -2.35. The van der Waals surface area contributed by atoms with Gasteiger partial charge in [-0.15, -0.1) is 0 Å². The summed E-state index contributed by atoms with van der Waals surface area (Å²) in [5, 5.41) is 3.59. The van der Waals surface area contributed by atoms with Crippen LogP contribution in [0.5, 0.6) is 5.88 Å². The molecule has 3 rings (SSSR count). The third-order valence-electron chi connectivity index (χ3n) is 5.08. The van der Waals surface area contributed by atoms with E-state index in [1.165, 1.54) is 32.1 Å². The molecule has 2 aliphatic carbocycles. The number of aromatic nitrogens is 1. The van der Waals surface area contributed by atoms with Crippen LogP contribution in [0.2, 0.25) is 0 Å². The van der Waals surface area contributed by atoms with Gasteiger partial charge in [-0.3, -0.25) is 0 Å². The zero-order valence-electron chi connectivity index (χ0n) is 13.1. The lowest BCUT2D eigenvalue weighted by Crippen LogP contribution is -2.35. The quantitative estimate of drug-likeness (QED) is 0.868. The number of nitrogens with two attached hydrogens (primary N) is 1. The molecule has 3 N–H and O–H groups in total. The van der Waals surface area contributed by atoms with Crippen molar-refractivity contribution in [1.82, 2.24) is 4.98 Å². The fourth-order valence-corrected chi connectivity index (χ4v) is 3.10. The molecule has 0 radical (unpaired) electrons. The van der Waals surface area contributed by atoms with E-state index in [0.29, 0.717) is 29.4 Å². The maximum absolute atomic E-state index is 5.96. The SMILES string of the molecule is CC1CCCC(Nc2ccc(N)c(OCC3CC3)n2)C1C. The zero-order valence-corrected chi connectivity index (χ0v) is 13.1. The molecule has 2 aliphatic rings. The largest absolute Gasteiger partial charge is 0.476 e. The van der Waals surface area contributed by atoms with Gasteiger partial charge in [0.15, 0.2) is 0 Å². The van der Waals surface area contributed by atoms with E-state index in [4.69, 9.17) is 10.5 Å². The van der Waals surface area contributed by atoms with Crippen LogP contribution in [0, 0.1) is 17.8 Å². The van der Waals surface area contributed by atoms with Crippen molar-refractivity contribution in [3.63, 3.8) is 0 Å². The van der Waals surface area contributed by atoms with E-state index in [-0.39, 0.29) is 0 Å². The predicted octanol–water partition coefficient (Wildman–Crippen LogP) is 3.69. The van der Waals surface area contributed by atoms with E-state index in [2.05, 4.69) is 24.1 Å². The Balaban J connectivity index is 1.65. The molecule has 0 bridgehead atoms. The third kappa shape index (κ3) is 3.60. The topological polar surface area (TPSA) is 60.2 Å². The number of anilines is 2. The Kier molecular flexibility index (Phi) is 4.22. The first-order chi connectivity index (χ1) is 10.1. The number of ether oxygens (including phenoxy) is 1. The van der Waals surface area contributed by atoms with Gasteiger partial charge in [0.2, 0.25) is 5.88 Å². The Morgan fingerprint density at radius 1 is 1.24 bits per heavy atom. The van der Waals surface area contributed by atoms with Gasteiger partial charge in [-0.2, -0.15) is 4.98 Å². The molecular formula is C17H27N3O. The molecule has 116 valence electrons. The third-order valence-corrected chi connectivity index (χ3v) is 5.08. The standard InChI is InChI=1S/C17H27N3O/c1-11-4-3-5-15(12(11)2)19-16-9-8-14(18)17(20-16)21-10-13-6-7-13/h8-9,11-13,15H,3-7,10,18H2,1-2H3,(H,19,20). The molecule has 3 unspecified atom stereocenters. The van der Waals surface area contributed by atoms with Gasteiger partial charge in [-0.05, 0) is 49.1 Å². The second-order valence-electron chi connectivity index (χ2n) is 6.86. The summed E-state index contributed by atoms with van der Waals surface area (Å²) in [4.78, 5) is 4.57. The molecule has 1 aromatic rings. The molecule has 2 saturated carbocycles. The first-order valence-electron chi connectivity index (χ1n) is 8.29. The second kappa shape index (κ2) is 6.12. The summed E-state index contributed by atoms with van der Waals surface area (Å²) in [5.74, 6) is 3.64. The van der Waals surface area contributed by atoms with Crippen LogP contribution in [0.1, 0.15) is 46.0 Å². The average Bonchev–Trinajstić information content (AvgIpc) is 3.28. The Hall–Kier alpha value is -1.45. The van der Waals surface area contributed by atoms with Gasteiger partial charge in [0.05, 0.1) is 12.3 Å². The normalized spacial score (nSPS) is 29.1. The molecule has 1 aromatic heterocycles. The Morgan fingerprint density at radius 3 is 2.81 bits per heavy atom. The minimum atomic E-state index is 0.501. The van der Waals surface area contributed by atoms with Gasteiger partial charge in [0.1, 0.15) is 5.82 Å². The summed E-state index contributed by atoms with van der Waals surface area (Å²) in [6, 6.07) is 4.36. The summed E-state index contributed by atoms with van der Waals surface area (Å²) < 4.78 is 5.76. The van der Waals surface area contributed by atoms with Crippen molar-refractivity contribution in [3.8, 4) is 5.88 Å². The predicted molar refractivity (Wildman–Crippen MR) is 86.5 cm³/mol. The van der Waals surface area contributed by atoms with E-state index < -0.39 is 0 Å². The monoisotopic (exact) mass is 289 g/mol. The van der Waals surface area contributed by atoms with Crippen LogP contribution in [-0.2, 0) is 0 Å². The van der Waals surface area contributed by atoms with Crippen LogP contribution < -0.4 is 15.8 Å². The lowest BCUT2D eigenvalue weighted by atomic mass is 9.78. The van der Waals surface area contributed by atoms with Crippen LogP contribution in [0.4, 0.5) is 11.5 Å². The first-order valence-corrected chi connectivity index (χ1v) is 8.29. The van der Waals surface area contributed by atoms with E-state index >= 15 is 0 Å². The van der Waals surface area contributed by atoms with Gasteiger partial charge in [0, 0.05) is 6.04 Å². The van der Waals surface area contributed by atoms with E-state index in [1.807, 2.05) is 12.1 Å². The Bertz CT molecular complexity index is 487. The molecule has 1 heterocycles. The summed E-state index contributed by atoms with van der Waals surface area (Å²) >= 11 is 0. The number of hydrogen-bond acceptors (Lipinski definition) is 4. The number of rotatable bonds is 5. The minimum Gasteiger partial charge on any atom is -0.476 e. The highest BCUT2D eigenvalue weighted by molar-refractivity contribution is 5.54. The van der Waals surface area contributed by atoms with E-state index in [1.54, 1.807) is 0 Å². The zero-order chi connectivity index (χ0) is 14.8. The summed E-state index contributed by atoms with van der Waals surface area (Å²) in [7, 11) is 0. The van der Waals surface area contributed by atoms with Gasteiger partial charge in [-0.25, -0.2) is 0 Å². The first kappa shape index (κ1) is 14.5. The van der Waals surface area contributed by atoms with Gasteiger partial charge < -0.3 is 15.8 Å². The number of nitrogens with one attached hydrogen (secondary N) is 1. The molecule has 3 atom stereocenters. The summed E-state index contributed by atoms with van der Waals surface area (Å²) in [6.45, 7) is 5.43. The van der Waals surface area contributed by atoms with Crippen molar-refractivity contribution >= 4 is 11.5 Å².